The maximum Gasteiger partial charge on any atom is 0.322 e. The molecule has 1 aromatic heterocycles. The average molecular weight is 259 g/mol. The minimum atomic E-state index is 0.154. The molecule has 17 heavy (non-hydrogen) atoms. The molecule has 0 aliphatic rings. The lowest BCUT2D eigenvalue weighted by atomic mass is 10.1. The van der Waals surface area contributed by atoms with E-state index < -0.39 is 0 Å². The zero-order valence-corrected chi connectivity index (χ0v) is 11.7. The van der Waals surface area contributed by atoms with Crippen LogP contribution in [0.3, 0.4) is 0 Å². The van der Waals surface area contributed by atoms with Crippen molar-refractivity contribution < 1.29 is 4.74 Å². The third kappa shape index (κ3) is 3.70. The highest BCUT2D eigenvalue weighted by atomic mass is 35.5. The molecule has 0 spiro atoms. The van der Waals surface area contributed by atoms with Crippen LogP contribution in [0.4, 0.5) is 5.95 Å². The van der Waals surface area contributed by atoms with Crippen LogP contribution < -0.4 is 9.64 Å². The molecule has 5 nitrogen and oxygen atoms in total. The first-order valence-electron chi connectivity index (χ1n) is 5.72. The van der Waals surface area contributed by atoms with Gasteiger partial charge >= 0.3 is 6.01 Å². The van der Waals surface area contributed by atoms with Gasteiger partial charge in [0.15, 0.2) is 0 Å². The van der Waals surface area contributed by atoms with Crippen molar-refractivity contribution >= 4 is 17.5 Å². The van der Waals surface area contributed by atoms with Gasteiger partial charge in [-0.3, -0.25) is 0 Å². The molecule has 96 valence electrons. The van der Waals surface area contributed by atoms with Crippen molar-refractivity contribution in [2.45, 2.75) is 33.7 Å². The van der Waals surface area contributed by atoms with E-state index in [-0.39, 0.29) is 11.3 Å². The fourth-order valence-electron chi connectivity index (χ4n) is 1.30. The van der Waals surface area contributed by atoms with E-state index in [9.17, 15) is 0 Å². The largest absolute Gasteiger partial charge is 0.464 e. The van der Waals surface area contributed by atoms with Crippen LogP contribution in [0, 0.1) is 5.92 Å². The Morgan fingerprint density at radius 1 is 1.24 bits per heavy atom. The Morgan fingerprint density at radius 2 is 1.88 bits per heavy atom. The Hall–Kier alpha value is -1.10. The molecule has 0 saturated heterocycles. The van der Waals surface area contributed by atoms with Gasteiger partial charge in [0.2, 0.25) is 11.2 Å². The van der Waals surface area contributed by atoms with E-state index in [1.807, 2.05) is 18.9 Å². The summed E-state index contributed by atoms with van der Waals surface area (Å²) in [5, 5.41) is 0.154. The van der Waals surface area contributed by atoms with Gasteiger partial charge in [-0.1, -0.05) is 13.8 Å². The Labute approximate surface area is 107 Å². The van der Waals surface area contributed by atoms with Gasteiger partial charge in [-0.15, -0.1) is 0 Å². The topological polar surface area (TPSA) is 51.1 Å². The van der Waals surface area contributed by atoms with Crippen molar-refractivity contribution in [1.29, 1.82) is 0 Å². The van der Waals surface area contributed by atoms with E-state index >= 15 is 0 Å². The second-order valence-corrected chi connectivity index (χ2v) is 4.55. The summed E-state index contributed by atoms with van der Waals surface area (Å²) >= 11 is 5.85. The summed E-state index contributed by atoms with van der Waals surface area (Å²) in [5.41, 5.74) is 0. The molecular formula is C11H19ClN4O. The summed E-state index contributed by atoms with van der Waals surface area (Å²) in [7, 11) is 1.94. The van der Waals surface area contributed by atoms with Crippen LogP contribution in [0.15, 0.2) is 0 Å². The number of rotatable bonds is 5. The second-order valence-electron chi connectivity index (χ2n) is 4.22. The number of ether oxygens (including phenoxy) is 1. The number of hydrogen-bond donors (Lipinski definition) is 0. The molecule has 0 radical (unpaired) electrons. The summed E-state index contributed by atoms with van der Waals surface area (Å²) in [5.74, 6) is 1.03. The second kappa shape index (κ2) is 6.00. The lowest BCUT2D eigenvalue weighted by molar-refractivity contribution is 0.311. The monoisotopic (exact) mass is 258 g/mol. The third-order valence-corrected chi connectivity index (χ3v) is 2.91. The predicted molar refractivity (Wildman–Crippen MR) is 68.7 cm³/mol. The number of halogens is 1. The zero-order chi connectivity index (χ0) is 13.0. The molecule has 1 unspecified atom stereocenters. The Bertz CT molecular complexity index is 372. The van der Waals surface area contributed by atoms with Crippen LogP contribution >= 0.6 is 11.6 Å². The zero-order valence-electron chi connectivity index (χ0n) is 10.9. The van der Waals surface area contributed by atoms with Crippen molar-refractivity contribution in [2.24, 2.45) is 5.92 Å². The van der Waals surface area contributed by atoms with Crippen molar-refractivity contribution in [2.75, 3.05) is 18.6 Å². The first kappa shape index (κ1) is 14.0. The Morgan fingerprint density at radius 3 is 2.41 bits per heavy atom. The molecule has 0 bridgehead atoms. The molecule has 1 rings (SSSR count). The van der Waals surface area contributed by atoms with Gasteiger partial charge in [-0.2, -0.15) is 15.0 Å². The molecule has 0 aliphatic carbocycles. The fourth-order valence-corrected chi connectivity index (χ4v) is 1.45. The van der Waals surface area contributed by atoms with Crippen LogP contribution in [-0.4, -0.2) is 34.6 Å². The van der Waals surface area contributed by atoms with Crippen molar-refractivity contribution in [1.82, 2.24) is 15.0 Å². The van der Waals surface area contributed by atoms with Gasteiger partial charge in [0.25, 0.3) is 0 Å². The molecule has 0 aliphatic heterocycles. The molecule has 1 atom stereocenters. The molecule has 0 amide bonds. The van der Waals surface area contributed by atoms with E-state index in [2.05, 4.69) is 35.7 Å². The van der Waals surface area contributed by atoms with E-state index in [1.165, 1.54) is 0 Å². The average Bonchev–Trinajstić information content (AvgIpc) is 2.26. The minimum absolute atomic E-state index is 0.154. The number of nitrogens with zero attached hydrogens (tertiary/aromatic N) is 4. The van der Waals surface area contributed by atoms with Gasteiger partial charge in [0.05, 0.1) is 6.61 Å². The standard InChI is InChI=1S/C11H19ClN4O/c1-6-17-11-14-9(12)13-10(15-11)16(5)8(4)7(2)3/h7-8H,6H2,1-5H3. The van der Waals surface area contributed by atoms with Gasteiger partial charge in [-0.05, 0) is 31.4 Å². The van der Waals surface area contributed by atoms with Crippen LogP contribution in [-0.2, 0) is 0 Å². The van der Waals surface area contributed by atoms with E-state index in [4.69, 9.17) is 16.3 Å². The predicted octanol–water partition coefficient (Wildman–Crippen LogP) is 2.40. The molecule has 1 heterocycles. The van der Waals surface area contributed by atoms with Gasteiger partial charge in [-0.25, -0.2) is 0 Å². The summed E-state index contributed by atoms with van der Waals surface area (Å²) < 4.78 is 5.24. The normalized spacial score (nSPS) is 12.6. The lowest BCUT2D eigenvalue weighted by Crippen LogP contribution is -2.34. The molecule has 0 aromatic carbocycles. The van der Waals surface area contributed by atoms with Crippen LogP contribution in [0.5, 0.6) is 6.01 Å². The van der Waals surface area contributed by atoms with E-state index in [0.29, 0.717) is 24.5 Å². The van der Waals surface area contributed by atoms with E-state index in [0.717, 1.165) is 0 Å². The number of hydrogen-bond acceptors (Lipinski definition) is 5. The maximum absolute atomic E-state index is 5.85. The van der Waals surface area contributed by atoms with Crippen LogP contribution in [0.1, 0.15) is 27.7 Å². The summed E-state index contributed by atoms with van der Waals surface area (Å²) in [6.07, 6.45) is 0. The lowest BCUT2D eigenvalue weighted by Gasteiger charge is -2.27. The number of aromatic nitrogens is 3. The van der Waals surface area contributed by atoms with Gasteiger partial charge in [0.1, 0.15) is 0 Å². The summed E-state index contributed by atoms with van der Waals surface area (Å²) in [6, 6.07) is 0.577. The Balaban J connectivity index is 2.96. The number of anilines is 1. The summed E-state index contributed by atoms with van der Waals surface area (Å²) in [4.78, 5) is 14.2. The smallest absolute Gasteiger partial charge is 0.322 e. The fraction of sp³-hybridized carbons (Fsp3) is 0.727. The molecule has 6 heteroatoms. The molecular weight excluding hydrogens is 240 g/mol. The van der Waals surface area contributed by atoms with Crippen LogP contribution in [0.25, 0.3) is 0 Å². The first-order chi connectivity index (χ1) is 7.95. The first-order valence-corrected chi connectivity index (χ1v) is 6.10. The highest BCUT2D eigenvalue weighted by molar-refractivity contribution is 6.28. The molecule has 0 fully saturated rings. The Kier molecular flexibility index (Phi) is 4.93. The maximum atomic E-state index is 5.85. The van der Waals surface area contributed by atoms with Gasteiger partial charge in [0, 0.05) is 13.1 Å². The third-order valence-electron chi connectivity index (χ3n) is 2.74. The van der Waals surface area contributed by atoms with E-state index in [1.54, 1.807) is 0 Å². The van der Waals surface area contributed by atoms with Crippen LogP contribution in [0.2, 0.25) is 5.28 Å². The quantitative estimate of drug-likeness (QED) is 0.812. The SMILES string of the molecule is CCOc1nc(Cl)nc(N(C)C(C)C(C)C)n1. The van der Waals surface area contributed by atoms with Crippen molar-refractivity contribution in [3.05, 3.63) is 5.28 Å². The highest BCUT2D eigenvalue weighted by Gasteiger charge is 2.17. The summed E-state index contributed by atoms with van der Waals surface area (Å²) in [6.45, 7) is 8.78. The molecule has 0 N–H and O–H groups in total. The van der Waals surface area contributed by atoms with Crippen molar-refractivity contribution in [3.8, 4) is 6.01 Å². The van der Waals surface area contributed by atoms with Gasteiger partial charge < -0.3 is 9.64 Å². The highest BCUT2D eigenvalue weighted by Crippen LogP contribution is 2.18. The minimum Gasteiger partial charge on any atom is -0.464 e. The molecule has 0 saturated carbocycles. The molecule has 1 aromatic rings. The van der Waals surface area contributed by atoms with Crippen molar-refractivity contribution in [3.63, 3.8) is 0 Å².